The topological polar surface area (TPSA) is 140 Å². The molecule has 5 aromatic rings. The first-order valence-corrected chi connectivity index (χ1v) is 13.7. The number of anilines is 2. The van der Waals surface area contributed by atoms with Crippen molar-refractivity contribution in [3.05, 3.63) is 108 Å². The molecule has 0 radical (unpaired) electrons. The van der Waals surface area contributed by atoms with E-state index >= 15 is 0 Å². The fourth-order valence-corrected chi connectivity index (χ4v) is 4.75. The predicted octanol–water partition coefficient (Wildman–Crippen LogP) is 4.36. The van der Waals surface area contributed by atoms with Gasteiger partial charge >= 0.3 is 0 Å². The number of amides is 1. The number of carbonyl (C=O) groups is 1. The maximum absolute atomic E-state index is 12.7. The van der Waals surface area contributed by atoms with Crippen LogP contribution in [-0.4, -0.2) is 41.2 Å². The van der Waals surface area contributed by atoms with Crippen molar-refractivity contribution in [1.29, 1.82) is 0 Å². The van der Waals surface area contributed by atoms with E-state index in [1.165, 1.54) is 43.5 Å². The second-order valence-corrected chi connectivity index (χ2v) is 10.4. The van der Waals surface area contributed by atoms with Crippen molar-refractivity contribution in [2.24, 2.45) is 0 Å². The molecule has 11 nitrogen and oxygen atoms in total. The molecule has 2 heterocycles. The Morgan fingerprint density at radius 1 is 0.950 bits per heavy atom. The van der Waals surface area contributed by atoms with Gasteiger partial charge in [0.05, 0.1) is 17.0 Å². The van der Waals surface area contributed by atoms with Crippen molar-refractivity contribution in [2.75, 3.05) is 12.4 Å². The van der Waals surface area contributed by atoms with Crippen LogP contribution < -0.4 is 20.3 Å². The largest absolute Gasteiger partial charge is 0.497 e. The van der Waals surface area contributed by atoms with Crippen LogP contribution in [-0.2, 0) is 10.0 Å². The maximum atomic E-state index is 12.7. The van der Waals surface area contributed by atoms with Crippen LogP contribution in [0.2, 0.25) is 5.02 Å². The number of rotatable bonds is 9. The zero-order valence-corrected chi connectivity index (χ0v) is 22.5. The van der Waals surface area contributed by atoms with Crippen molar-refractivity contribution in [2.45, 2.75) is 4.90 Å². The van der Waals surface area contributed by atoms with E-state index in [1.54, 1.807) is 41.2 Å². The molecule has 0 saturated carbocycles. The van der Waals surface area contributed by atoms with E-state index in [1.807, 2.05) is 24.3 Å². The van der Waals surface area contributed by atoms with E-state index in [-0.39, 0.29) is 16.4 Å². The first-order valence-electron chi connectivity index (χ1n) is 11.8. The lowest BCUT2D eigenvalue weighted by Crippen LogP contribution is -2.41. The summed E-state index contributed by atoms with van der Waals surface area (Å²) >= 11 is 6.44. The summed E-state index contributed by atoms with van der Waals surface area (Å²) < 4.78 is 31.7. The summed E-state index contributed by atoms with van der Waals surface area (Å²) in [6, 6.07) is 24.8. The Kier molecular flexibility index (Phi) is 7.73. The lowest BCUT2D eigenvalue weighted by Gasteiger charge is -2.10. The number of aromatic nitrogens is 4. The van der Waals surface area contributed by atoms with E-state index in [2.05, 4.69) is 30.6 Å². The Morgan fingerprint density at radius 3 is 2.45 bits per heavy atom. The van der Waals surface area contributed by atoms with Crippen molar-refractivity contribution >= 4 is 39.2 Å². The minimum Gasteiger partial charge on any atom is -0.497 e. The summed E-state index contributed by atoms with van der Waals surface area (Å²) in [5.74, 6) is 1.08. The van der Waals surface area contributed by atoms with Crippen LogP contribution in [0.25, 0.3) is 17.2 Å². The summed E-state index contributed by atoms with van der Waals surface area (Å²) in [6.45, 7) is 0. The highest BCUT2D eigenvalue weighted by Gasteiger charge is 2.18. The number of hydrogen-bond donors (Lipinski definition) is 3. The van der Waals surface area contributed by atoms with E-state index in [0.29, 0.717) is 33.7 Å². The molecule has 0 spiro atoms. The van der Waals surface area contributed by atoms with E-state index < -0.39 is 15.9 Å². The molecule has 202 valence electrons. The van der Waals surface area contributed by atoms with E-state index in [9.17, 15) is 13.2 Å². The van der Waals surface area contributed by atoms with Gasteiger partial charge in [-0.25, -0.2) is 13.4 Å². The number of carbonyl (C=O) groups excluding carboxylic acids is 1. The van der Waals surface area contributed by atoms with Crippen LogP contribution in [0.4, 0.5) is 11.6 Å². The number of methoxy groups -OCH3 is 1. The lowest BCUT2D eigenvalue weighted by molar-refractivity contribution is 0.0945. The van der Waals surface area contributed by atoms with Gasteiger partial charge in [0.25, 0.3) is 15.9 Å². The molecule has 0 aliphatic carbocycles. The summed E-state index contributed by atoms with van der Waals surface area (Å²) in [5.41, 5.74) is 3.57. The molecule has 0 aliphatic rings. The Hall–Kier alpha value is -4.78. The Bertz CT molecular complexity index is 1760. The fraction of sp³-hybridized carbons (Fsp3) is 0.0370. The summed E-state index contributed by atoms with van der Waals surface area (Å²) in [7, 11) is -2.52. The third-order valence-corrected chi connectivity index (χ3v) is 7.23. The first-order chi connectivity index (χ1) is 19.3. The van der Waals surface area contributed by atoms with Crippen LogP contribution in [0.1, 0.15) is 10.4 Å². The Labute approximate surface area is 234 Å². The number of ether oxygens (including phenoxy) is 1. The van der Waals surface area contributed by atoms with Crippen LogP contribution in [0.15, 0.2) is 102 Å². The third-order valence-electron chi connectivity index (χ3n) is 5.64. The second-order valence-electron chi connectivity index (χ2n) is 8.28. The van der Waals surface area contributed by atoms with Crippen molar-refractivity contribution in [3.63, 3.8) is 0 Å². The highest BCUT2D eigenvalue weighted by molar-refractivity contribution is 7.89. The van der Waals surface area contributed by atoms with Gasteiger partial charge in [-0.1, -0.05) is 35.9 Å². The smallest absolute Gasteiger partial charge is 0.266 e. The second kappa shape index (κ2) is 11.5. The maximum Gasteiger partial charge on any atom is 0.266 e. The Balaban J connectivity index is 1.35. The zero-order valence-electron chi connectivity index (χ0n) is 20.9. The molecule has 3 N–H and O–H groups in total. The predicted molar refractivity (Wildman–Crippen MR) is 150 cm³/mol. The molecule has 0 atom stereocenters. The molecule has 1 amide bonds. The lowest BCUT2D eigenvalue weighted by atomic mass is 10.2. The standard InChI is InChI=1S/C27H22ClN7O4S/c1-39-20-12-14-21(15-13-20)40(37,38)34-32-26(36)18-7-6-8-19(17-18)30-27-31-25(22-9-2-3-10-23(22)28)35(33-27)24-11-4-5-16-29-24/h2-17,34H,1H3,(H,30,33)(H,32,36). The van der Waals surface area contributed by atoms with Gasteiger partial charge < -0.3 is 10.1 Å². The van der Waals surface area contributed by atoms with Crippen molar-refractivity contribution < 1.29 is 17.9 Å². The minimum atomic E-state index is -4.00. The number of benzene rings is 3. The number of sulfonamides is 1. The highest BCUT2D eigenvalue weighted by Crippen LogP contribution is 2.29. The van der Waals surface area contributed by atoms with Gasteiger partial charge in [0.15, 0.2) is 11.6 Å². The molecular weight excluding hydrogens is 554 g/mol. The van der Waals surface area contributed by atoms with Crippen LogP contribution in [0, 0.1) is 0 Å². The molecule has 0 aliphatic heterocycles. The summed E-state index contributed by atoms with van der Waals surface area (Å²) in [5, 5.41) is 8.13. The average molecular weight is 576 g/mol. The molecule has 0 saturated heterocycles. The van der Waals surface area contributed by atoms with Crippen LogP contribution in [0.3, 0.4) is 0 Å². The molecule has 0 unspecified atom stereocenters. The van der Waals surface area contributed by atoms with Gasteiger partial charge in [0.1, 0.15) is 5.75 Å². The minimum absolute atomic E-state index is 0.0343. The van der Waals surface area contributed by atoms with Crippen LogP contribution in [0.5, 0.6) is 5.75 Å². The molecule has 3 aromatic carbocycles. The van der Waals surface area contributed by atoms with Gasteiger partial charge in [0.2, 0.25) is 5.95 Å². The van der Waals surface area contributed by atoms with E-state index in [4.69, 9.17) is 16.3 Å². The van der Waals surface area contributed by atoms with Gasteiger partial charge in [-0.05, 0) is 66.7 Å². The van der Waals surface area contributed by atoms with Gasteiger partial charge in [-0.2, -0.15) is 9.67 Å². The number of hydrogen-bond acceptors (Lipinski definition) is 8. The average Bonchev–Trinajstić information content (AvgIpc) is 3.40. The fourth-order valence-electron chi connectivity index (χ4n) is 3.69. The number of halogens is 1. The normalized spacial score (nSPS) is 11.2. The molecule has 0 bridgehead atoms. The molecule has 0 fully saturated rings. The van der Waals surface area contributed by atoms with Gasteiger partial charge in [0, 0.05) is 23.0 Å². The monoisotopic (exact) mass is 575 g/mol. The number of nitrogens with zero attached hydrogens (tertiary/aromatic N) is 4. The van der Waals surface area contributed by atoms with E-state index in [0.717, 1.165) is 0 Å². The van der Waals surface area contributed by atoms with Crippen molar-refractivity contribution in [3.8, 4) is 23.0 Å². The third kappa shape index (κ3) is 5.94. The first kappa shape index (κ1) is 26.8. The molecule has 40 heavy (non-hydrogen) atoms. The molecular formula is C27H22ClN7O4S. The number of nitrogens with one attached hydrogen (secondary N) is 3. The van der Waals surface area contributed by atoms with Gasteiger partial charge in [-0.3, -0.25) is 10.2 Å². The Morgan fingerprint density at radius 2 is 1.73 bits per heavy atom. The number of pyridine rings is 1. The highest BCUT2D eigenvalue weighted by atomic mass is 35.5. The summed E-state index contributed by atoms with van der Waals surface area (Å²) in [4.78, 5) is 23.8. The SMILES string of the molecule is COc1ccc(S(=O)(=O)NNC(=O)c2cccc(Nc3nc(-c4ccccc4Cl)n(-c4ccccn4)n3)c2)cc1. The summed E-state index contributed by atoms with van der Waals surface area (Å²) in [6.07, 6.45) is 1.64. The molecule has 13 heteroatoms. The zero-order chi connectivity index (χ0) is 28.1. The number of hydrazine groups is 1. The van der Waals surface area contributed by atoms with Gasteiger partial charge in [-0.15, -0.1) is 9.93 Å². The van der Waals surface area contributed by atoms with Crippen molar-refractivity contribution in [1.82, 2.24) is 30.0 Å². The molecule has 2 aromatic heterocycles. The molecule has 5 rings (SSSR count). The quantitative estimate of drug-likeness (QED) is 0.220. The van der Waals surface area contributed by atoms with Crippen LogP contribution >= 0.6 is 11.6 Å².